The molecule has 1 rings (SSSR count). The van der Waals surface area contributed by atoms with E-state index in [1.807, 2.05) is 13.8 Å². The molecule has 0 aromatic carbocycles. The summed E-state index contributed by atoms with van der Waals surface area (Å²) in [4.78, 5) is 14.1. The van der Waals surface area contributed by atoms with Gasteiger partial charge < -0.3 is 0 Å². The van der Waals surface area contributed by atoms with Crippen LogP contribution in [0.15, 0.2) is 17.8 Å². The average molecular weight is 284 g/mol. The van der Waals surface area contributed by atoms with Gasteiger partial charge in [0.25, 0.3) is 5.91 Å². The molecule has 0 fully saturated rings. The van der Waals surface area contributed by atoms with Crippen LogP contribution < -0.4 is 5.84 Å². The van der Waals surface area contributed by atoms with E-state index in [0.717, 1.165) is 0 Å². The summed E-state index contributed by atoms with van der Waals surface area (Å²) < 4.78 is 0. The topological polar surface area (TPSA) is 61.9 Å². The van der Waals surface area contributed by atoms with Crippen LogP contribution in [0.2, 0.25) is 0 Å². The zero-order valence-corrected chi connectivity index (χ0v) is 13.2. The highest BCUT2D eigenvalue weighted by Crippen LogP contribution is 2.35. The van der Waals surface area contributed by atoms with Crippen molar-refractivity contribution < 1.29 is 4.79 Å². The van der Waals surface area contributed by atoms with Crippen LogP contribution in [0.1, 0.15) is 27.7 Å². The minimum absolute atomic E-state index is 0.0113. The summed E-state index contributed by atoms with van der Waals surface area (Å²) in [6, 6.07) is -0.439. The Labute approximate surface area is 119 Å². The minimum atomic E-state index is -0.439. The number of rotatable bonds is 4. The van der Waals surface area contributed by atoms with Crippen molar-refractivity contribution in [1.29, 1.82) is 0 Å². The molecule has 1 aliphatic heterocycles. The Morgan fingerprint density at radius 3 is 2.63 bits per heavy atom. The Bertz CT molecular complexity index is 392. The van der Waals surface area contributed by atoms with Crippen molar-refractivity contribution in [2.75, 3.05) is 12.8 Å². The third-order valence-electron chi connectivity index (χ3n) is 3.84. The van der Waals surface area contributed by atoms with E-state index in [4.69, 9.17) is 5.84 Å². The minimum Gasteiger partial charge on any atom is -0.291 e. The van der Waals surface area contributed by atoms with E-state index < -0.39 is 6.04 Å². The number of amides is 1. The number of nitrogens with zero attached hydrogens (tertiary/aromatic N) is 3. The fourth-order valence-corrected chi connectivity index (χ4v) is 2.55. The fourth-order valence-electron chi connectivity index (χ4n) is 1.85. The fraction of sp³-hybridized carbons (Fsp3) is 0.692. The number of hydrazine groups is 1. The Morgan fingerprint density at radius 1 is 1.58 bits per heavy atom. The number of hydrazone groups is 1. The Balaban J connectivity index is 3.04. The first-order valence-electron chi connectivity index (χ1n) is 6.37. The highest BCUT2D eigenvalue weighted by molar-refractivity contribution is 8.13. The largest absolute Gasteiger partial charge is 0.291 e. The summed E-state index contributed by atoms with van der Waals surface area (Å²) in [6.07, 6.45) is 1.77. The molecule has 1 unspecified atom stereocenters. The van der Waals surface area contributed by atoms with Crippen LogP contribution >= 0.6 is 11.8 Å². The molecule has 1 atom stereocenters. The number of nitrogens with two attached hydrogens (primary N) is 1. The van der Waals surface area contributed by atoms with Crippen LogP contribution in [-0.4, -0.2) is 39.9 Å². The van der Waals surface area contributed by atoms with Gasteiger partial charge in [-0.2, -0.15) is 0 Å². The molecule has 1 heterocycles. The lowest BCUT2D eigenvalue weighted by molar-refractivity contribution is -0.140. The maximum Gasteiger partial charge on any atom is 0.255 e. The number of amidine groups is 1. The smallest absolute Gasteiger partial charge is 0.255 e. The monoisotopic (exact) mass is 284 g/mol. The van der Waals surface area contributed by atoms with Gasteiger partial charge in [-0.05, 0) is 11.3 Å². The van der Waals surface area contributed by atoms with Crippen LogP contribution in [0.25, 0.3) is 0 Å². The Morgan fingerprint density at radius 2 is 2.16 bits per heavy atom. The number of hydrogen-bond acceptors (Lipinski definition) is 5. The Hall–Kier alpha value is -1.01. The van der Waals surface area contributed by atoms with Crippen LogP contribution in [-0.2, 0) is 4.79 Å². The molecule has 108 valence electrons. The first kappa shape index (κ1) is 16.0. The molecule has 19 heavy (non-hydrogen) atoms. The van der Waals surface area contributed by atoms with E-state index in [9.17, 15) is 4.79 Å². The van der Waals surface area contributed by atoms with E-state index >= 15 is 0 Å². The quantitative estimate of drug-likeness (QED) is 0.632. The molecule has 0 aromatic heterocycles. The van der Waals surface area contributed by atoms with Crippen molar-refractivity contribution in [3.63, 3.8) is 0 Å². The van der Waals surface area contributed by atoms with Gasteiger partial charge in [-0.25, -0.2) is 11.0 Å². The van der Waals surface area contributed by atoms with Gasteiger partial charge in [0, 0.05) is 12.8 Å². The van der Waals surface area contributed by atoms with Crippen LogP contribution in [0.3, 0.4) is 0 Å². The van der Waals surface area contributed by atoms with E-state index in [1.165, 1.54) is 16.9 Å². The summed E-state index contributed by atoms with van der Waals surface area (Å²) in [5.74, 6) is 6.98. The molecule has 0 aliphatic carbocycles. The van der Waals surface area contributed by atoms with E-state index in [-0.39, 0.29) is 11.3 Å². The number of thioether (sulfide) groups is 1. The first-order chi connectivity index (χ1) is 8.73. The normalized spacial score (nSPS) is 20.9. The zero-order valence-electron chi connectivity index (χ0n) is 12.4. The van der Waals surface area contributed by atoms with Gasteiger partial charge in [0.2, 0.25) is 0 Å². The molecule has 5 nitrogen and oxygen atoms in total. The number of likely N-dealkylation sites (N-methyl/N-ethyl adjacent to an activating group) is 1. The molecule has 6 heteroatoms. The van der Waals surface area contributed by atoms with Crippen LogP contribution in [0, 0.1) is 11.3 Å². The molecule has 0 aromatic rings. The van der Waals surface area contributed by atoms with Gasteiger partial charge in [-0.3, -0.25) is 9.69 Å². The molecule has 0 radical (unpaired) electrons. The third-order valence-corrected chi connectivity index (χ3v) is 4.86. The second kappa shape index (κ2) is 5.96. The molecule has 0 bridgehead atoms. The third kappa shape index (κ3) is 3.12. The van der Waals surface area contributed by atoms with Crippen LogP contribution in [0.4, 0.5) is 0 Å². The molecule has 0 saturated carbocycles. The molecule has 2 N–H and O–H groups in total. The van der Waals surface area contributed by atoms with Crippen molar-refractivity contribution in [2.45, 2.75) is 33.7 Å². The second-order valence-electron chi connectivity index (χ2n) is 5.64. The lowest BCUT2D eigenvalue weighted by Gasteiger charge is -2.44. The highest BCUT2D eigenvalue weighted by Gasteiger charge is 2.45. The van der Waals surface area contributed by atoms with Crippen molar-refractivity contribution in [1.82, 2.24) is 10.0 Å². The number of carbonyl (C=O) groups excluding carboxylic acids is 1. The molecule has 1 amide bonds. The van der Waals surface area contributed by atoms with E-state index in [0.29, 0.717) is 16.8 Å². The second-order valence-corrected chi connectivity index (χ2v) is 6.63. The molecule has 0 saturated heterocycles. The Kier molecular flexibility index (Phi) is 5.04. The summed E-state index contributed by atoms with van der Waals surface area (Å²) in [7, 11) is 1.74. The van der Waals surface area contributed by atoms with Crippen LogP contribution in [0.5, 0.6) is 0 Å². The summed E-state index contributed by atoms with van der Waals surface area (Å²) >= 11 is 1.45. The summed E-state index contributed by atoms with van der Waals surface area (Å²) in [5, 5.41) is 6.26. The van der Waals surface area contributed by atoms with Gasteiger partial charge in [-0.15, -0.1) is 11.7 Å². The van der Waals surface area contributed by atoms with Crippen molar-refractivity contribution >= 4 is 22.8 Å². The maximum atomic E-state index is 12.5. The number of hydrogen-bond donors (Lipinski definition) is 1. The van der Waals surface area contributed by atoms with Gasteiger partial charge in [0.05, 0.1) is 0 Å². The summed E-state index contributed by atoms with van der Waals surface area (Å²) in [6.45, 7) is 11.9. The lowest BCUT2D eigenvalue weighted by atomic mass is 9.74. The SMILES string of the molecule is C=CCSC1=NN(N)C(C(C)(C)C(C)C)C(=O)N1C. The molecular formula is C13H24N4OS. The molecular weight excluding hydrogens is 260 g/mol. The van der Waals surface area contributed by atoms with Crippen molar-refractivity contribution in [2.24, 2.45) is 22.3 Å². The molecule has 0 spiro atoms. The van der Waals surface area contributed by atoms with E-state index in [1.54, 1.807) is 18.0 Å². The van der Waals surface area contributed by atoms with Gasteiger partial charge in [-0.1, -0.05) is 45.5 Å². The van der Waals surface area contributed by atoms with Crippen molar-refractivity contribution in [3.8, 4) is 0 Å². The maximum absolute atomic E-state index is 12.5. The zero-order chi connectivity index (χ0) is 14.8. The standard InChI is InChI=1S/C13H24N4OS/c1-7-8-19-12-15-17(14)10(11(18)16(12)6)13(4,5)9(2)3/h7,9-10H,1,8,14H2,2-6H3. The predicted molar refractivity (Wildman–Crippen MR) is 81.3 cm³/mol. The van der Waals surface area contributed by atoms with Gasteiger partial charge >= 0.3 is 0 Å². The summed E-state index contributed by atoms with van der Waals surface area (Å²) in [5.41, 5.74) is -0.252. The van der Waals surface area contributed by atoms with E-state index in [2.05, 4.69) is 25.5 Å². The molecule has 1 aliphatic rings. The average Bonchev–Trinajstić information content (AvgIpc) is 2.31. The van der Waals surface area contributed by atoms with Gasteiger partial charge in [0.15, 0.2) is 5.17 Å². The highest BCUT2D eigenvalue weighted by atomic mass is 32.2. The predicted octanol–water partition coefficient (Wildman–Crippen LogP) is 1.88. The lowest BCUT2D eigenvalue weighted by Crippen LogP contribution is -2.61. The number of carbonyl (C=O) groups is 1. The van der Waals surface area contributed by atoms with Gasteiger partial charge in [0.1, 0.15) is 6.04 Å². The first-order valence-corrected chi connectivity index (χ1v) is 7.35. The van der Waals surface area contributed by atoms with Crippen molar-refractivity contribution in [3.05, 3.63) is 12.7 Å².